The number of aromatic nitrogens is 1. The summed E-state index contributed by atoms with van der Waals surface area (Å²) in [6.45, 7) is 1.93. The minimum atomic E-state index is -0.133. The molecule has 0 bridgehead atoms. The minimum Gasteiger partial charge on any atom is -0.497 e. The van der Waals surface area contributed by atoms with Gasteiger partial charge < -0.3 is 10.1 Å². The van der Waals surface area contributed by atoms with Crippen LogP contribution in [0.3, 0.4) is 0 Å². The van der Waals surface area contributed by atoms with Crippen LogP contribution in [-0.2, 0) is 11.2 Å². The van der Waals surface area contributed by atoms with Gasteiger partial charge in [0, 0.05) is 0 Å². The van der Waals surface area contributed by atoms with Crippen molar-refractivity contribution in [1.29, 1.82) is 0 Å². The third-order valence-electron chi connectivity index (χ3n) is 3.38. The number of aryl methyl sites for hydroxylation is 1. The number of nitrogens with zero attached hydrogens (tertiary/aromatic N) is 1. The third-order valence-corrected chi connectivity index (χ3v) is 4.70. The van der Waals surface area contributed by atoms with Gasteiger partial charge in [-0.1, -0.05) is 23.7 Å². The first-order valence-electron chi connectivity index (χ1n) is 7.05. The van der Waals surface area contributed by atoms with E-state index in [9.17, 15) is 4.79 Å². The van der Waals surface area contributed by atoms with Crippen LogP contribution in [0.2, 0.25) is 5.02 Å². The zero-order valence-electron chi connectivity index (χ0n) is 12.7. The van der Waals surface area contributed by atoms with E-state index in [4.69, 9.17) is 16.3 Å². The van der Waals surface area contributed by atoms with E-state index in [0.29, 0.717) is 10.7 Å². The summed E-state index contributed by atoms with van der Waals surface area (Å²) in [5.74, 6) is 0.596. The van der Waals surface area contributed by atoms with Crippen LogP contribution in [0.4, 0.5) is 5.69 Å². The standard InChI is InChI=1S/C17H15ClN2O2S/c1-10-19-17-14(23-10)7-6-13(16(17)18)20-15(21)9-11-4-3-5-12(8-11)22-2/h3-8H,9H2,1-2H3,(H,20,21). The maximum absolute atomic E-state index is 12.2. The first-order chi connectivity index (χ1) is 11.1. The Morgan fingerprint density at radius 3 is 2.96 bits per heavy atom. The van der Waals surface area contributed by atoms with E-state index in [1.54, 1.807) is 18.4 Å². The maximum atomic E-state index is 12.2. The lowest BCUT2D eigenvalue weighted by Gasteiger charge is -2.08. The molecule has 4 nitrogen and oxygen atoms in total. The van der Waals surface area contributed by atoms with Crippen molar-refractivity contribution in [1.82, 2.24) is 4.98 Å². The lowest BCUT2D eigenvalue weighted by molar-refractivity contribution is -0.115. The van der Waals surface area contributed by atoms with E-state index in [-0.39, 0.29) is 12.3 Å². The van der Waals surface area contributed by atoms with Crippen molar-refractivity contribution in [2.24, 2.45) is 0 Å². The molecule has 0 unspecified atom stereocenters. The van der Waals surface area contributed by atoms with E-state index in [0.717, 1.165) is 26.5 Å². The molecule has 0 saturated heterocycles. The Balaban J connectivity index is 1.78. The number of benzene rings is 2. The Kier molecular flexibility index (Phi) is 4.50. The zero-order chi connectivity index (χ0) is 16.4. The van der Waals surface area contributed by atoms with Crippen molar-refractivity contribution in [3.63, 3.8) is 0 Å². The van der Waals surface area contributed by atoms with E-state index >= 15 is 0 Å². The molecule has 0 aliphatic heterocycles. The highest BCUT2D eigenvalue weighted by Crippen LogP contribution is 2.33. The number of halogens is 1. The second-order valence-corrected chi connectivity index (χ2v) is 6.70. The first-order valence-corrected chi connectivity index (χ1v) is 8.24. The Hall–Kier alpha value is -2.11. The van der Waals surface area contributed by atoms with Gasteiger partial charge in [0.05, 0.1) is 33.9 Å². The molecule has 0 atom stereocenters. The van der Waals surface area contributed by atoms with Crippen LogP contribution in [0.15, 0.2) is 36.4 Å². The lowest BCUT2D eigenvalue weighted by atomic mass is 10.1. The number of amides is 1. The lowest BCUT2D eigenvalue weighted by Crippen LogP contribution is -2.14. The highest BCUT2D eigenvalue weighted by atomic mass is 35.5. The molecule has 0 aliphatic rings. The zero-order valence-corrected chi connectivity index (χ0v) is 14.3. The van der Waals surface area contributed by atoms with Gasteiger partial charge in [-0.2, -0.15) is 0 Å². The van der Waals surface area contributed by atoms with Crippen LogP contribution >= 0.6 is 22.9 Å². The minimum absolute atomic E-state index is 0.133. The highest BCUT2D eigenvalue weighted by Gasteiger charge is 2.12. The van der Waals surface area contributed by atoms with Crippen molar-refractivity contribution in [3.05, 3.63) is 52.0 Å². The van der Waals surface area contributed by atoms with Crippen LogP contribution in [-0.4, -0.2) is 18.0 Å². The normalized spacial score (nSPS) is 10.7. The molecule has 3 rings (SSSR count). The van der Waals surface area contributed by atoms with Gasteiger partial charge in [-0.05, 0) is 36.8 Å². The van der Waals surface area contributed by atoms with Crippen LogP contribution in [0.5, 0.6) is 5.75 Å². The summed E-state index contributed by atoms with van der Waals surface area (Å²) in [5, 5.41) is 4.27. The number of anilines is 1. The molecule has 1 N–H and O–H groups in total. The van der Waals surface area contributed by atoms with Gasteiger partial charge in [-0.15, -0.1) is 11.3 Å². The SMILES string of the molecule is COc1cccc(CC(=O)Nc2ccc3sc(C)nc3c2Cl)c1. The second-order valence-electron chi connectivity index (χ2n) is 5.08. The Labute approximate surface area is 143 Å². The Morgan fingerprint density at radius 1 is 1.35 bits per heavy atom. The average Bonchev–Trinajstić information content (AvgIpc) is 2.92. The van der Waals surface area contributed by atoms with Crippen molar-refractivity contribution in [2.45, 2.75) is 13.3 Å². The summed E-state index contributed by atoms with van der Waals surface area (Å²) in [7, 11) is 1.60. The number of carbonyl (C=O) groups excluding carboxylic acids is 1. The molecule has 1 heterocycles. The van der Waals surface area contributed by atoms with Gasteiger partial charge in [0.25, 0.3) is 0 Å². The Morgan fingerprint density at radius 2 is 2.17 bits per heavy atom. The molecule has 0 radical (unpaired) electrons. The van der Waals surface area contributed by atoms with Gasteiger partial charge in [0.2, 0.25) is 5.91 Å². The maximum Gasteiger partial charge on any atom is 0.228 e. The predicted molar refractivity (Wildman–Crippen MR) is 94.7 cm³/mol. The van der Waals surface area contributed by atoms with Gasteiger partial charge >= 0.3 is 0 Å². The number of hydrogen-bond acceptors (Lipinski definition) is 4. The number of thiazole rings is 1. The summed E-state index contributed by atoms with van der Waals surface area (Å²) < 4.78 is 6.18. The molecule has 1 amide bonds. The fourth-order valence-corrected chi connectivity index (χ4v) is 3.48. The van der Waals surface area contributed by atoms with Crippen molar-refractivity contribution < 1.29 is 9.53 Å². The monoisotopic (exact) mass is 346 g/mol. The van der Waals surface area contributed by atoms with Crippen molar-refractivity contribution in [3.8, 4) is 5.75 Å². The topological polar surface area (TPSA) is 51.2 Å². The first kappa shape index (κ1) is 15.8. The summed E-state index contributed by atoms with van der Waals surface area (Å²) >= 11 is 7.94. The van der Waals surface area contributed by atoms with Crippen LogP contribution in [0.25, 0.3) is 10.2 Å². The fourth-order valence-electron chi connectivity index (χ4n) is 2.33. The molecular weight excluding hydrogens is 332 g/mol. The smallest absolute Gasteiger partial charge is 0.228 e. The largest absolute Gasteiger partial charge is 0.497 e. The Bertz CT molecular complexity index is 876. The molecule has 1 aromatic heterocycles. The second kappa shape index (κ2) is 6.56. The molecular formula is C17H15ClN2O2S. The summed E-state index contributed by atoms with van der Waals surface area (Å²) in [6.07, 6.45) is 0.252. The molecule has 3 aromatic rings. The van der Waals surface area contributed by atoms with E-state index in [1.165, 1.54) is 0 Å². The number of rotatable bonds is 4. The molecule has 6 heteroatoms. The quantitative estimate of drug-likeness (QED) is 0.759. The van der Waals surface area contributed by atoms with Gasteiger partial charge in [0.15, 0.2) is 0 Å². The van der Waals surface area contributed by atoms with Gasteiger partial charge in [0.1, 0.15) is 11.3 Å². The van der Waals surface area contributed by atoms with E-state index in [1.807, 2.05) is 43.3 Å². The average molecular weight is 347 g/mol. The highest BCUT2D eigenvalue weighted by molar-refractivity contribution is 7.18. The summed E-state index contributed by atoms with van der Waals surface area (Å²) in [4.78, 5) is 16.7. The molecule has 23 heavy (non-hydrogen) atoms. The number of fused-ring (bicyclic) bond motifs is 1. The molecule has 0 saturated carbocycles. The van der Waals surface area contributed by atoms with Crippen molar-refractivity contribution >= 4 is 44.7 Å². The predicted octanol–water partition coefficient (Wildman–Crippen LogP) is 4.45. The molecule has 0 aliphatic carbocycles. The number of carbonyl (C=O) groups is 1. The molecule has 118 valence electrons. The number of nitrogens with one attached hydrogen (secondary N) is 1. The number of hydrogen-bond donors (Lipinski definition) is 1. The van der Waals surface area contributed by atoms with E-state index < -0.39 is 0 Å². The molecule has 0 fully saturated rings. The number of ether oxygens (including phenoxy) is 1. The number of methoxy groups -OCH3 is 1. The van der Waals surface area contributed by atoms with Crippen LogP contribution < -0.4 is 10.1 Å². The molecule has 2 aromatic carbocycles. The third kappa shape index (κ3) is 3.46. The summed E-state index contributed by atoms with van der Waals surface area (Å²) in [5.41, 5.74) is 2.19. The van der Waals surface area contributed by atoms with Crippen LogP contribution in [0.1, 0.15) is 10.6 Å². The van der Waals surface area contributed by atoms with Crippen molar-refractivity contribution in [2.75, 3.05) is 12.4 Å². The van der Waals surface area contributed by atoms with Crippen LogP contribution in [0, 0.1) is 6.92 Å². The molecule has 0 spiro atoms. The van der Waals surface area contributed by atoms with Gasteiger partial charge in [-0.25, -0.2) is 4.98 Å². The van der Waals surface area contributed by atoms with Gasteiger partial charge in [-0.3, -0.25) is 4.79 Å². The van der Waals surface area contributed by atoms with E-state index in [2.05, 4.69) is 10.3 Å². The fraction of sp³-hybridized carbons (Fsp3) is 0.176. The summed E-state index contributed by atoms with van der Waals surface area (Å²) in [6, 6.07) is 11.2.